The number of aliphatic carboxylic acids is 1. The highest BCUT2D eigenvalue weighted by molar-refractivity contribution is 5.91. The molecular formula is C14H23N3O4. The van der Waals surface area contributed by atoms with E-state index in [9.17, 15) is 14.4 Å². The minimum atomic E-state index is -1.07. The van der Waals surface area contributed by atoms with Crippen LogP contribution in [-0.2, 0) is 9.59 Å². The molecule has 2 fully saturated rings. The van der Waals surface area contributed by atoms with Gasteiger partial charge in [-0.25, -0.2) is 4.79 Å². The number of hydrogen-bond donors (Lipinski definition) is 2. The molecule has 0 aliphatic carbocycles. The van der Waals surface area contributed by atoms with E-state index in [1.807, 2.05) is 18.7 Å². The van der Waals surface area contributed by atoms with E-state index >= 15 is 0 Å². The lowest BCUT2D eigenvalue weighted by molar-refractivity contribution is -0.142. The molecule has 3 unspecified atom stereocenters. The van der Waals surface area contributed by atoms with Crippen molar-refractivity contribution in [3.8, 4) is 0 Å². The Morgan fingerprint density at radius 2 is 2.10 bits per heavy atom. The Hall–Kier alpha value is -1.79. The number of nitrogens with one attached hydrogen (secondary N) is 1. The summed E-state index contributed by atoms with van der Waals surface area (Å²) in [6, 6.07) is -0.789. The number of hydrogen-bond acceptors (Lipinski definition) is 3. The SMILES string of the molecule is CCC1CCC(C)N1C(=O)N1CCNC(=O)C1CC(=O)O. The van der Waals surface area contributed by atoms with Crippen LogP contribution in [-0.4, -0.2) is 64.0 Å². The van der Waals surface area contributed by atoms with Crippen molar-refractivity contribution >= 4 is 17.9 Å². The zero-order valence-corrected chi connectivity index (χ0v) is 12.5. The highest BCUT2D eigenvalue weighted by Crippen LogP contribution is 2.28. The van der Waals surface area contributed by atoms with Crippen molar-refractivity contribution in [2.45, 2.75) is 57.7 Å². The lowest BCUT2D eigenvalue weighted by Crippen LogP contribution is -2.61. The first kappa shape index (κ1) is 15.6. The molecule has 0 bridgehead atoms. The molecule has 0 aromatic heterocycles. The van der Waals surface area contributed by atoms with E-state index in [1.165, 1.54) is 4.90 Å². The quantitative estimate of drug-likeness (QED) is 0.800. The summed E-state index contributed by atoms with van der Waals surface area (Å²) in [5.74, 6) is -1.45. The standard InChI is InChI=1S/C14H23N3O4/c1-3-10-5-4-9(2)17(10)14(21)16-7-6-15-13(20)11(16)8-12(18)19/h9-11H,3-8H2,1-2H3,(H,15,20)(H,18,19). The van der Waals surface area contributed by atoms with Gasteiger partial charge in [0, 0.05) is 25.2 Å². The van der Waals surface area contributed by atoms with Crippen molar-refractivity contribution in [2.75, 3.05) is 13.1 Å². The van der Waals surface area contributed by atoms with Crippen molar-refractivity contribution in [1.29, 1.82) is 0 Å². The number of carbonyl (C=O) groups is 3. The highest BCUT2D eigenvalue weighted by Gasteiger charge is 2.41. The number of piperazine rings is 1. The second-order valence-electron chi connectivity index (χ2n) is 5.78. The summed E-state index contributed by atoms with van der Waals surface area (Å²) in [7, 11) is 0. The van der Waals surface area contributed by atoms with Crippen LogP contribution >= 0.6 is 0 Å². The predicted molar refractivity (Wildman–Crippen MR) is 75.8 cm³/mol. The van der Waals surface area contributed by atoms with Crippen molar-refractivity contribution < 1.29 is 19.5 Å². The lowest BCUT2D eigenvalue weighted by atomic mass is 10.1. The van der Waals surface area contributed by atoms with Crippen LogP contribution in [0.3, 0.4) is 0 Å². The Kier molecular flexibility index (Phi) is 4.69. The van der Waals surface area contributed by atoms with E-state index in [0.29, 0.717) is 13.1 Å². The van der Waals surface area contributed by atoms with Crippen LogP contribution in [0.25, 0.3) is 0 Å². The number of carboxylic acids is 1. The summed E-state index contributed by atoms with van der Waals surface area (Å²) in [5.41, 5.74) is 0. The molecular weight excluding hydrogens is 274 g/mol. The molecule has 21 heavy (non-hydrogen) atoms. The molecule has 0 spiro atoms. The number of nitrogens with zero attached hydrogens (tertiary/aromatic N) is 2. The fraction of sp³-hybridized carbons (Fsp3) is 0.786. The molecule has 0 saturated carbocycles. The van der Waals surface area contributed by atoms with Gasteiger partial charge in [0.05, 0.1) is 6.42 Å². The van der Waals surface area contributed by atoms with Crippen molar-refractivity contribution in [3.05, 3.63) is 0 Å². The van der Waals surface area contributed by atoms with Crippen LogP contribution in [0.1, 0.15) is 39.5 Å². The molecule has 3 amide bonds. The number of rotatable bonds is 3. The van der Waals surface area contributed by atoms with Gasteiger partial charge in [-0.05, 0) is 26.2 Å². The zero-order valence-electron chi connectivity index (χ0n) is 12.5. The van der Waals surface area contributed by atoms with Gasteiger partial charge in [-0.3, -0.25) is 9.59 Å². The number of carbonyl (C=O) groups excluding carboxylic acids is 2. The van der Waals surface area contributed by atoms with Crippen LogP contribution in [0, 0.1) is 0 Å². The van der Waals surface area contributed by atoms with E-state index in [2.05, 4.69) is 5.32 Å². The Morgan fingerprint density at radius 1 is 1.38 bits per heavy atom. The maximum absolute atomic E-state index is 12.8. The Bertz CT molecular complexity index is 440. The third-order valence-corrected chi connectivity index (χ3v) is 4.42. The number of carboxylic acid groups (broad SMARTS) is 1. The topological polar surface area (TPSA) is 90.0 Å². The average Bonchev–Trinajstić information content (AvgIpc) is 2.81. The lowest BCUT2D eigenvalue weighted by Gasteiger charge is -2.39. The van der Waals surface area contributed by atoms with Gasteiger partial charge in [0.1, 0.15) is 6.04 Å². The van der Waals surface area contributed by atoms with Crippen LogP contribution < -0.4 is 5.32 Å². The second-order valence-corrected chi connectivity index (χ2v) is 5.78. The molecule has 0 aromatic rings. The summed E-state index contributed by atoms with van der Waals surface area (Å²) < 4.78 is 0. The first-order chi connectivity index (χ1) is 9.95. The zero-order chi connectivity index (χ0) is 15.6. The minimum absolute atomic E-state index is 0.137. The molecule has 2 rings (SSSR count). The third-order valence-electron chi connectivity index (χ3n) is 4.42. The number of likely N-dealkylation sites (tertiary alicyclic amines) is 1. The Morgan fingerprint density at radius 3 is 2.71 bits per heavy atom. The number of amides is 3. The van der Waals surface area contributed by atoms with E-state index < -0.39 is 12.0 Å². The van der Waals surface area contributed by atoms with Gasteiger partial charge >= 0.3 is 12.0 Å². The molecule has 3 atom stereocenters. The van der Waals surface area contributed by atoms with Gasteiger partial charge in [0.25, 0.3) is 0 Å². The van der Waals surface area contributed by atoms with Gasteiger partial charge in [-0.1, -0.05) is 6.92 Å². The Balaban J connectivity index is 2.18. The van der Waals surface area contributed by atoms with E-state index in [0.717, 1.165) is 19.3 Å². The molecule has 7 heteroatoms. The minimum Gasteiger partial charge on any atom is -0.481 e. The summed E-state index contributed by atoms with van der Waals surface area (Å²) >= 11 is 0. The largest absolute Gasteiger partial charge is 0.481 e. The summed E-state index contributed by atoms with van der Waals surface area (Å²) in [6.07, 6.45) is 2.44. The second kappa shape index (κ2) is 6.32. The van der Waals surface area contributed by atoms with E-state index in [4.69, 9.17) is 5.11 Å². The van der Waals surface area contributed by atoms with Gasteiger partial charge in [-0.15, -0.1) is 0 Å². The molecule has 7 nitrogen and oxygen atoms in total. The summed E-state index contributed by atoms with van der Waals surface area (Å²) in [4.78, 5) is 38.9. The van der Waals surface area contributed by atoms with Gasteiger partial charge in [-0.2, -0.15) is 0 Å². The predicted octanol–water partition coefficient (Wildman–Crippen LogP) is 0.644. The number of urea groups is 1. The summed E-state index contributed by atoms with van der Waals surface area (Å²) in [6.45, 7) is 4.78. The van der Waals surface area contributed by atoms with Crippen LogP contribution in [0.4, 0.5) is 4.79 Å². The van der Waals surface area contributed by atoms with Gasteiger partial charge in [0.15, 0.2) is 0 Å². The maximum Gasteiger partial charge on any atom is 0.321 e. The van der Waals surface area contributed by atoms with Gasteiger partial charge < -0.3 is 20.2 Å². The molecule has 2 aliphatic rings. The average molecular weight is 297 g/mol. The van der Waals surface area contributed by atoms with E-state index in [-0.39, 0.29) is 30.4 Å². The van der Waals surface area contributed by atoms with E-state index in [1.54, 1.807) is 0 Å². The Labute approximate surface area is 124 Å². The smallest absolute Gasteiger partial charge is 0.321 e. The van der Waals surface area contributed by atoms with Crippen molar-refractivity contribution in [2.24, 2.45) is 0 Å². The van der Waals surface area contributed by atoms with Crippen LogP contribution in [0.15, 0.2) is 0 Å². The molecule has 118 valence electrons. The molecule has 2 N–H and O–H groups in total. The third kappa shape index (κ3) is 3.11. The maximum atomic E-state index is 12.8. The van der Waals surface area contributed by atoms with Crippen LogP contribution in [0.2, 0.25) is 0 Å². The molecule has 2 saturated heterocycles. The first-order valence-corrected chi connectivity index (χ1v) is 7.54. The fourth-order valence-electron chi connectivity index (χ4n) is 3.28. The molecule has 2 heterocycles. The van der Waals surface area contributed by atoms with Crippen LogP contribution in [0.5, 0.6) is 0 Å². The molecule has 0 aromatic carbocycles. The first-order valence-electron chi connectivity index (χ1n) is 7.54. The molecule has 0 radical (unpaired) electrons. The normalized spacial score (nSPS) is 29.4. The monoisotopic (exact) mass is 297 g/mol. The fourth-order valence-corrected chi connectivity index (χ4v) is 3.28. The van der Waals surface area contributed by atoms with Crippen molar-refractivity contribution in [1.82, 2.24) is 15.1 Å². The molecule has 2 aliphatic heterocycles. The summed E-state index contributed by atoms with van der Waals surface area (Å²) in [5, 5.41) is 11.6. The van der Waals surface area contributed by atoms with Crippen molar-refractivity contribution in [3.63, 3.8) is 0 Å². The van der Waals surface area contributed by atoms with Gasteiger partial charge in [0.2, 0.25) is 5.91 Å². The highest BCUT2D eigenvalue weighted by atomic mass is 16.4.